The summed E-state index contributed by atoms with van der Waals surface area (Å²) in [5.41, 5.74) is 2.61. The Morgan fingerprint density at radius 3 is 2.26 bits per heavy atom. The fraction of sp³-hybridized carbons (Fsp3) is 0.667. The van der Waals surface area contributed by atoms with Crippen molar-refractivity contribution in [2.45, 2.75) is 65.5 Å². The third-order valence-electron chi connectivity index (χ3n) is 5.12. The molecule has 2 aliphatic rings. The average Bonchev–Trinajstić information content (AvgIpc) is 3.28. The molecular weight excluding hydrogens is 451 g/mol. The topological polar surface area (TPSA) is 48.9 Å². The van der Waals surface area contributed by atoms with Gasteiger partial charge in [-0.2, -0.15) is 0 Å². The number of ether oxygens (including phenoxy) is 1. The van der Waals surface area contributed by atoms with Gasteiger partial charge in [0.2, 0.25) is 0 Å². The third-order valence-corrected chi connectivity index (χ3v) is 5.12. The summed E-state index contributed by atoms with van der Waals surface area (Å²) in [7, 11) is 0. The van der Waals surface area contributed by atoms with Gasteiger partial charge in [0.25, 0.3) is 0 Å². The molecular formula is C21H35IN4O. The van der Waals surface area contributed by atoms with Crippen molar-refractivity contribution in [3.8, 4) is 0 Å². The molecule has 1 heterocycles. The first kappa shape index (κ1) is 22.4. The van der Waals surface area contributed by atoms with Crippen molar-refractivity contribution in [1.29, 1.82) is 0 Å². The Morgan fingerprint density at radius 2 is 1.70 bits per heavy atom. The number of benzene rings is 1. The molecule has 1 saturated carbocycles. The van der Waals surface area contributed by atoms with Crippen LogP contribution < -0.4 is 10.6 Å². The second-order valence-corrected chi connectivity index (χ2v) is 7.93. The van der Waals surface area contributed by atoms with Crippen LogP contribution in [0.15, 0.2) is 29.3 Å². The van der Waals surface area contributed by atoms with Crippen molar-refractivity contribution in [2.75, 3.05) is 19.6 Å². The van der Waals surface area contributed by atoms with Crippen molar-refractivity contribution in [1.82, 2.24) is 15.5 Å². The van der Waals surface area contributed by atoms with E-state index in [4.69, 9.17) is 9.73 Å². The van der Waals surface area contributed by atoms with E-state index in [9.17, 15) is 0 Å². The van der Waals surface area contributed by atoms with E-state index in [2.05, 4.69) is 67.5 Å². The number of aliphatic imine (C=N–C) groups is 1. The van der Waals surface area contributed by atoms with E-state index < -0.39 is 0 Å². The molecule has 2 N–H and O–H groups in total. The fourth-order valence-electron chi connectivity index (χ4n) is 3.61. The summed E-state index contributed by atoms with van der Waals surface area (Å²) in [4.78, 5) is 7.21. The minimum absolute atomic E-state index is 0. The Balaban J connectivity index is 0.00000261. The van der Waals surface area contributed by atoms with Crippen LogP contribution in [0.5, 0.6) is 0 Å². The van der Waals surface area contributed by atoms with Crippen molar-refractivity contribution in [2.24, 2.45) is 10.9 Å². The minimum Gasteiger partial charge on any atom is -0.373 e. The first-order valence-electron chi connectivity index (χ1n) is 10.0. The van der Waals surface area contributed by atoms with E-state index in [1.165, 1.54) is 17.5 Å². The highest BCUT2D eigenvalue weighted by Crippen LogP contribution is 2.28. The van der Waals surface area contributed by atoms with Crippen LogP contribution in [0, 0.1) is 5.92 Å². The summed E-state index contributed by atoms with van der Waals surface area (Å²) < 4.78 is 5.82. The van der Waals surface area contributed by atoms with E-state index in [-0.39, 0.29) is 24.0 Å². The van der Waals surface area contributed by atoms with Gasteiger partial charge in [-0.1, -0.05) is 31.2 Å². The lowest BCUT2D eigenvalue weighted by Gasteiger charge is -2.35. The molecule has 1 aliphatic carbocycles. The molecule has 3 rings (SSSR count). The molecule has 5 nitrogen and oxygen atoms in total. The molecule has 4 atom stereocenters. The molecule has 27 heavy (non-hydrogen) atoms. The summed E-state index contributed by atoms with van der Waals surface area (Å²) in [6.45, 7) is 13.3. The Kier molecular flexibility index (Phi) is 8.82. The van der Waals surface area contributed by atoms with Crippen LogP contribution in [0.2, 0.25) is 0 Å². The number of nitrogens with zero attached hydrogens (tertiary/aromatic N) is 2. The number of nitrogens with one attached hydrogen (secondary N) is 2. The first-order valence-corrected chi connectivity index (χ1v) is 10.0. The zero-order valence-corrected chi connectivity index (χ0v) is 19.4. The second kappa shape index (κ2) is 10.6. The molecule has 0 spiro atoms. The van der Waals surface area contributed by atoms with Gasteiger partial charge in [-0.25, -0.2) is 4.99 Å². The van der Waals surface area contributed by atoms with Gasteiger partial charge < -0.3 is 15.4 Å². The van der Waals surface area contributed by atoms with Crippen molar-refractivity contribution in [3.63, 3.8) is 0 Å². The number of hydrogen-bond acceptors (Lipinski definition) is 3. The van der Waals surface area contributed by atoms with Crippen LogP contribution in [-0.2, 0) is 17.8 Å². The van der Waals surface area contributed by atoms with Gasteiger partial charge in [0.05, 0.1) is 18.8 Å². The highest BCUT2D eigenvalue weighted by molar-refractivity contribution is 14.0. The lowest BCUT2D eigenvalue weighted by atomic mass is 10.1. The van der Waals surface area contributed by atoms with E-state index in [1.54, 1.807) is 0 Å². The lowest BCUT2D eigenvalue weighted by Crippen LogP contribution is -2.44. The van der Waals surface area contributed by atoms with Gasteiger partial charge in [0.1, 0.15) is 0 Å². The summed E-state index contributed by atoms with van der Waals surface area (Å²) in [6.07, 6.45) is 1.88. The lowest BCUT2D eigenvalue weighted by molar-refractivity contribution is -0.0704. The monoisotopic (exact) mass is 486 g/mol. The van der Waals surface area contributed by atoms with Crippen LogP contribution in [0.3, 0.4) is 0 Å². The zero-order chi connectivity index (χ0) is 18.5. The Labute approximate surface area is 181 Å². The number of halogens is 1. The van der Waals surface area contributed by atoms with Crippen LogP contribution in [-0.4, -0.2) is 48.7 Å². The molecule has 1 aliphatic heterocycles. The predicted molar refractivity (Wildman–Crippen MR) is 123 cm³/mol. The second-order valence-electron chi connectivity index (χ2n) is 7.93. The third kappa shape index (κ3) is 7.23. The normalized spacial score (nSPS) is 28.4. The van der Waals surface area contributed by atoms with Gasteiger partial charge in [-0.3, -0.25) is 4.90 Å². The van der Waals surface area contributed by atoms with E-state index in [0.29, 0.717) is 24.8 Å². The largest absolute Gasteiger partial charge is 0.373 e. The first-order chi connectivity index (χ1) is 12.5. The standard InChI is InChI=1S/C21H34N4O.HI/c1-5-22-21(24-20-10-15(20)2)23-11-18-6-8-19(9-7-18)14-25-12-16(3)26-17(4)13-25;/h6-9,15-17,20H,5,10-14H2,1-4H3,(H2,22,23,24);1H. The van der Waals surface area contributed by atoms with Gasteiger partial charge in [0.15, 0.2) is 5.96 Å². The molecule has 1 aromatic carbocycles. The predicted octanol–water partition coefficient (Wildman–Crippen LogP) is 3.38. The molecule has 0 amide bonds. The van der Waals surface area contributed by atoms with Gasteiger partial charge in [0, 0.05) is 32.2 Å². The maximum absolute atomic E-state index is 5.82. The molecule has 6 heteroatoms. The maximum Gasteiger partial charge on any atom is 0.191 e. The van der Waals surface area contributed by atoms with E-state index in [1.807, 2.05) is 0 Å². The van der Waals surface area contributed by atoms with Crippen LogP contribution in [0.25, 0.3) is 0 Å². The average molecular weight is 486 g/mol. The molecule has 0 radical (unpaired) electrons. The smallest absolute Gasteiger partial charge is 0.191 e. The van der Waals surface area contributed by atoms with Crippen molar-refractivity contribution >= 4 is 29.9 Å². The Morgan fingerprint density at radius 1 is 1.11 bits per heavy atom. The van der Waals surface area contributed by atoms with Gasteiger partial charge >= 0.3 is 0 Å². The van der Waals surface area contributed by atoms with Crippen LogP contribution in [0.4, 0.5) is 0 Å². The van der Waals surface area contributed by atoms with Crippen molar-refractivity contribution < 1.29 is 4.74 Å². The van der Waals surface area contributed by atoms with Gasteiger partial charge in [-0.15, -0.1) is 24.0 Å². The number of morpholine rings is 1. The highest BCUT2D eigenvalue weighted by atomic mass is 127. The van der Waals surface area contributed by atoms with Crippen LogP contribution in [0.1, 0.15) is 45.2 Å². The maximum atomic E-state index is 5.82. The SMILES string of the molecule is CCNC(=NCc1ccc(CN2CC(C)OC(C)C2)cc1)NC1CC1C.I. The summed E-state index contributed by atoms with van der Waals surface area (Å²) >= 11 is 0. The van der Waals surface area contributed by atoms with E-state index >= 15 is 0 Å². The molecule has 152 valence electrons. The summed E-state index contributed by atoms with van der Waals surface area (Å²) in [6, 6.07) is 9.47. The van der Waals surface area contributed by atoms with Gasteiger partial charge in [-0.05, 0) is 44.2 Å². The van der Waals surface area contributed by atoms with E-state index in [0.717, 1.165) is 38.1 Å². The fourth-order valence-corrected chi connectivity index (χ4v) is 3.61. The highest BCUT2D eigenvalue weighted by Gasteiger charge is 2.33. The number of hydrogen-bond donors (Lipinski definition) is 2. The summed E-state index contributed by atoms with van der Waals surface area (Å²) in [5.74, 6) is 1.70. The molecule has 0 aromatic heterocycles. The summed E-state index contributed by atoms with van der Waals surface area (Å²) in [5, 5.41) is 6.84. The van der Waals surface area contributed by atoms with Crippen LogP contribution >= 0.6 is 24.0 Å². The molecule has 1 aromatic rings. The zero-order valence-electron chi connectivity index (χ0n) is 17.1. The molecule has 2 fully saturated rings. The number of guanidine groups is 1. The molecule has 4 unspecified atom stereocenters. The molecule has 0 bridgehead atoms. The Hall–Kier alpha value is -0.860. The minimum atomic E-state index is 0. The van der Waals surface area contributed by atoms with Crippen molar-refractivity contribution in [3.05, 3.63) is 35.4 Å². The quantitative estimate of drug-likeness (QED) is 0.368. The Bertz CT molecular complexity index is 597. The molecule has 1 saturated heterocycles. The number of rotatable bonds is 6.